The van der Waals surface area contributed by atoms with Crippen LogP contribution in [0.2, 0.25) is 5.15 Å². The van der Waals surface area contributed by atoms with Gasteiger partial charge in [0.25, 0.3) is 0 Å². The quantitative estimate of drug-likeness (QED) is 0.579. The summed E-state index contributed by atoms with van der Waals surface area (Å²) in [7, 11) is 1.29. The molecule has 0 aliphatic carbocycles. The molecule has 82 valence electrons. The molecule has 0 saturated carbocycles. The molecule has 0 fully saturated rings. The van der Waals surface area contributed by atoms with E-state index in [1.54, 1.807) is 6.20 Å². The Bertz CT molecular complexity index is 526. The Morgan fingerprint density at radius 2 is 2.31 bits per heavy atom. The summed E-state index contributed by atoms with van der Waals surface area (Å²) in [5.74, 6) is -0.0194. The van der Waals surface area contributed by atoms with Crippen molar-refractivity contribution >= 4 is 17.6 Å². The van der Waals surface area contributed by atoms with Gasteiger partial charge in [0, 0.05) is 12.3 Å². The molecule has 2 aromatic heterocycles. The number of ether oxygens (including phenoxy) is 1. The van der Waals surface area contributed by atoms with Crippen LogP contribution in [0.25, 0.3) is 5.82 Å². The van der Waals surface area contributed by atoms with Crippen LogP contribution in [0.1, 0.15) is 10.5 Å². The van der Waals surface area contributed by atoms with Crippen molar-refractivity contribution in [3.8, 4) is 5.82 Å². The second-order valence-corrected chi connectivity index (χ2v) is 3.22. The number of carbonyl (C=O) groups excluding carboxylic acids is 1. The summed E-state index contributed by atoms with van der Waals surface area (Å²) in [5, 5.41) is 4.29. The molecule has 0 unspecified atom stereocenters. The fourth-order valence-corrected chi connectivity index (χ4v) is 1.26. The number of hydrogen-bond acceptors (Lipinski definition) is 5. The van der Waals surface area contributed by atoms with Crippen molar-refractivity contribution in [2.24, 2.45) is 0 Å². The Kier molecular flexibility index (Phi) is 2.82. The molecule has 0 bridgehead atoms. The van der Waals surface area contributed by atoms with Gasteiger partial charge < -0.3 is 4.74 Å². The van der Waals surface area contributed by atoms with Crippen LogP contribution in [-0.4, -0.2) is 32.8 Å². The number of methoxy groups -OCH3 is 1. The Labute approximate surface area is 95.8 Å². The van der Waals surface area contributed by atoms with E-state index in [9.17, 15) is 4.79 Å². The van der Waals surface area contributed by atoms with Crippen molar-refractivity contribution < 1.29 is 9.53 Å². The lowest BCUT2D eigenvalue weighted by Gasteiger charge is -1.99. The molecule has 0 aliphatic rings. The largest absolute Gasteiger partial charge is 0.464 e. The predicted octanol–water partition coefficient (Wildman–Crippen LogP) is 1.10. The molecule has 16 heavy (non-hydrogen) atoms. The van der Waals surface area contributed by atoms with E-state index in [2.05, 4.69) is 19.8 Å². The van der Waals surface area contributed by atoms with Crippen LogP contribution in [0, 0.1) is 0 Å². The second kappa shape index (κ2) is 4.28. The number of rotatable bonds is 2. The monoisotopic (exact) mass is 238 g/mol. The third-order valence-corrected chi connectivity index (χ3v) is 2.04. The van der Waals surface area contributed by atoms with Gasteiger partial charge in [0.1, 0.15) is 11.5 Å². The molecule has 6 nitrogen and oxygen atoms in total. The zero-order chi connectivity index (χ0) is 11.5. The number of aromatic nitrogens is 4. The standard InChI is InChI=1S/C9H7ClN4O2/c1-16-9(15)6-2-3-14(13-6)8-4-7(10)11-5-12-8/h2-5H,1H3. The molecular weight excluding hydrogens is 232 g/mol. The van der Waals surface area contributed by atoms with Gasteiger partial charge in [-0.05, 0) is 6.07 Å². The summed E-state index contributed by atoms with van der Waals surface area (Å²) in [5.41, 5.74) is 0.206. The summed E-state index contributed by atoms with van der Waals surface area (Å²) in [6.45, 7) is 0. The second-order valence-electron chi connectivity index (χ2n) is 2.84. The van der Waals surface area contributed by atoms with Crippen LogP contribution in [0.15, 0.2) is 24.7 Å². The molecule has 0 N–H and O–H groups in total. The molecule has 0 aromatic carbocycles. The number of hydrogen-bond donors (Lipinski definition) is 0. The van der Waals surface area contributed by atoms with E-state index in [-0.39, 0.29) is 5.69 Å². The summed E-state index contributed by atoms with van der Waals surface area (Å²) in [6, 6.07) is 3.07. The van der Waals surface area contributed by atoms with Gasteiger partial charge in [-0.3, -0.25) is 0 Å². The molecule has 2 aromatic rings. The first-order valence-corrected chi connectivity index (χ1v) is 4.70. The molecule has 0 spiro atoms. The SMILES string of the molecule is COC(=O)c1ccn(-c2cc(Cl)ncn2)n1. The Morgan fingerprint density at radius 3 is 3.00 bits per heavy atom. The normalized spacial score (nSPS) is 10.1. The molecular formula is C9H7ClN4O2. The average molecular weight is 239 g/mol. The maximum Gasteiger partial charge on any atom is 0.358 e. The van der Waals surface area contributed by atoms with Crippen molar-refractivity contribution in [2.45, 2.75) is 0 Å². The first-order valence-electron chi connectivity index (χ1n) is 4.32. The van der Waals surface area contributed by atoms with Gasteiger partial charge in [-0.1, -0.05) is 11.6 Å². The number of esters is 1. The van der Waals surface area contributed by atoms with E-state index in [1.165, 1.54) is 30.3 Å². The van der Waals surface area contributed by atoms with Crippen molar-refractivity contribution in [2.75, 3.05) is 7.11 Å². The Morgan fingerprint density at radius 1 is 1.50 bits per heavy atom. The highest BCUT2D eigenvalue weighted by Gasteiger charge is 2.10. The zero-order valence-corrected chi connectivity index (χ0v) is 9.05. The first-order chi connectivity index (χ1) is 7.70. The number of halogens is 1. The van der Waals surface area contributed by atoms with Crippen LogP contribution in [0.3, 0.4) is 0 Å². The van der Waals surface area contributed by atoms with E-state index < -0.39 is 5.97 Å². The molecule has 0 atom stereocenters. The van der Waals surface area contributed by atoms with Crippen molar-refractivity contribution in [3.63, 3.8) is 0 Å². The molecule has 0 amide bonds. The van der Waals surface area contributed by atoms with E-state index in [0.717, 1.165) is 0 Å². The summed E-state index contributed by atoms with van der Waals surface area (Å²) in [6.07, 6.45) is 2.90. The van der Waals surface area contributed by atoms with Crippen LogP contribution in [-0.2, 0) is 4.74 Å². The van der Waals surface area contributed by atoms with Crippen molar-refractivity contribution in [1.82, 2.24) is 19.7 Å². The minimum absolute atomic E-state index is 0.206. The van der Waals surface area contributed by atoms with Crippen LogP contribution in [0.5, 0.6) is 0 Å². The molecule has 0 aliphatic heterocycles. The van der Waals surface area contributed by atoms with Gasteiger partial charge in [-0.2, -0.15) is 5.10 Å². The molecule has 2 rings (SSSR count). The first kappa shape index (κ1) is 10.6. The summed E-state index contributed by atoms with van der Waals surface area (Å²) >= 11 is 5.71. The van der Waals surface area contributed by atoms with Gasteiger partial charge >= 0.3 is 5.97 Å². The highest BCUT2D eigenvalue weighted by Crippen LogP contribution is 2.09. The van der Waals surface area contributed by atoms with E-state index >= 15 is 0 Å². The van der Waals surface area contributed by atoms with Crippen molar-refractivity contribution in [1.29, 1.82) is 0 Å². The number of carbonyl (C=O) groups is 1. The van der Waals surface area contributed by atoms with E-state index in [1.807, 2.05) is 0 Å². The van der Waals surface area contributed by atoms with Gasteiger partial charge in [0.2, 0.25) is 0 Å². The van der Waals surface area contributed by atoms with E-state index in [0.29, 0.717) is 11.0 Å². The predicted molar refractivity (Wildman–Crippen MR) is 55.5 cm³/mol. The summed E-state index contributed by atoms with van der Waals surface area (Å²) < 4.78 is 5.95. The van der Waals surface area contributed by atoms with Crippen LogP contribution in [0.4, 0.5) is 0 Å². The molecule has 7 heteroatoms. The van der Waals surface area contributed by atoms with Gasteiger partial charge in [0.15, 0.2) is 11.5 Å². The molecule has 0 saturated heterocycles. The lowest BCUT2D eigenvalue weighted by atomic mass is 10.4. The molecule has 2 heterocycles. The minimum Gasteiger partial charge on any atom is -0.464 e. The third kappa shape index (κ3) is 2.01. The Hall–Kier alpha value is -1.95. The average Bonchev–Trinajstić information content (AvgIpc) is 2.77. The molecule has 0 radical (unpaired) electrons. The Balaban J connectivity index is 2.35. The highest BCUT2D eigenvalue weighted by atomic mass is 35.5. The topological polar surface area (TPSA) is 69.9 Å². The maximum atomic E-state index is 11.2. The van der Waals surface area contributed by atoms with Crippen LogP contribution >= 0.6 is 11.6 Å². The fraction of sp³-hybridized carbons (Fsp3) is 0.111. The highest BCUT2D eigenvalue weighted by molar-refractivity contribution is 6.29. The zero-order valence-electron chi connectivity index (χ0n) is 8.29. The fourth-order valence-electron chi connectivity index (χ4n) is 1.11. The van der Waals surface area contributed by atoms with Gasteiger partial charge in [-0.25, -0.2) is 19.4 Å². The van der Waals surface area contributed by atoms with Gasteiger partial charge in [-0.15, -0.1) is 0 Å². The van der Waals surface area contributed by atoms with Gasteiger partial charge in [0.05, 0.1) is 7.11 Å². The van der Waals surface area contributed by atoms with Crippen LogP contribution < -0.4 is 0 Å². The third-order valence-electron chi connectivity index (χ3n) is 1.84. The minimum atomic E-state index is -0.501. The number of nitrogens with zero attached hydrogens (tertiary/aromatic N) is 4. The summed E-state index contributed by atoms with van der Waals surface area (Å²) in [4.78, 5) is 18.9. The van der Waals surface area contributed by atoms with E-state index in [4.69, 9.17) is 11.6 Å². The smallest absolute Gasteiger partial charge is 0.358 e. The lowest BCUT2D eigenvalue weighted by molar-refractivity contribution is 0.0593. The maximum absolute atomic E-state index is 11.2. The van der Waals surface area contributed by atoms with Crippen molar-refractivity contribution in [3.05, 3.63) is 35.5 Å². The lowest BCUT2D eigenvalue weighted by Crippen LogP contribution is -2.05.